The van der Waals surface area contributed by atoms with Crippen LogP contribution in [-0.2, 0) is 0 Å². The number of hydrogen-bond acceptors (Lipinski definition) is 2. The third kappa shape index (κ3) is 2.70. The predicted octanol–water partition coefficient (Wildman–Crippen LogP) is 3.49. The lowest BCUT2D eigenvalue weighted by Crippen LogP contribution is -2.38. The molecular formula is C17H26N2. The van der Waals surface area contributed by atoms with Gasteiger partial charge in [0.2, 0.25) is 0 Å². The molecule has 2 fully saturated rings. The first-order valence-electron chi connectivity index (χ1n) is 7.79. The van der Waals surface area contributed by atoms with Crippen LogP contribution in [-0.4, -0.2) is 12.6 Å². The van der Waals surface area contributed by atoms with Gasteiger partial charge in [0.15, 0.2) is 0 Å². The quantitative estimate of drug-likeness (QED) is 0.867. The van der Waals surface area contributed by atoms with Gasteiger partial charge in [-0.15, -0.1) is 0 Å². The first-order valence-corrected chi connectivity index (χ1v) is 7.79. The third-order valence-corrected chi connectivity index (χ3v) is 5.04. The van der Waals surface area contributed by atoms with Crippen LogP contribution in [0.3, 0.4) is 0 Å². The van der Waals surface area contributed by atoms with Gasteiger partial charge in [0.25, 0.3) is 0 Å². The third-order valence-electron chi connectivity index (χ3n) is 5.04. The van der Waals surface area contributed by atoms with E-state index >= 15 is 0 Å². The van der Waals surface area contributed by atoms with Crippen molar-refractivity contribution in [2.45, 2.75) is 62.4 Å². The van der Waals surface area contributed by atoms with Crippen molar-refractivity contribution in [3.05, 3.63) is 35.4 Å². The molecule has 2 nitrogen and oxygen atoms in total. The normalized spacial score (nSPS) is 24.1. The van der Waals surface area contributed by atoms with Crippen LogP contribution < -0.4 is 11.1 Å². The second kappa shape index (κ2) is 5.26. The van der Waals surface area contributed by atoms with Gasteiger partial charge < -0.3 is 11.1 Å². The highest BCUT2D eigenvalue weighted by Crippen LogP contribution is 2.43. The first kappa shape index (κ1) is 13.1. The van der Waals surface area contributed by atoms with Crippen molar-refractivity contribution in [2.75, 3.05) is 7.05 Å². The summed E-state index contributed by atoms with van der Waals surface area (Å²) in [6, 6.07) is 9.56. The fourth-order valence-electron chi connectivity index (χ4n) is 3.62. The molecule has 0 aliphatic heterocycles. The highest BCUT2D eigenvalue weighted by Gasteiger charge is 2.45. The Morgan fingerprint density at radius 1 is 1.11 bits per heavy atom. The predicted molar refractivity (Wildman–Crippen MR) is 80.2 cm³/mol. The Morgan fingerprint density at radius 3 is 2.26 bits per heavy atom. The minimum Gasteiger partial charge on any atom is -0.323 e. The molecule has 0 radical (unpaired) electrons. The van der Waals surface area contributed by atoms with Gasteiger partial charge >= 0.3 is 0 Å². The van der Waals surface area contributed by atoms with E-state index in [1.807, 2.05) is 7.05 Å². The summed E-state index contributed by atoms with van der Waals surface area (Å²) < 4.78 is 0. The molecule has 0 saturated heterocycles. The topological polar surface area (TPSA) is 38.0 Å². The lowest BCUT2D eigenvalue weighted by molar-refractivity contribution is 0.442. The standard InChI is InChI=1S/C17H26N2/c1-19-16(17(18)11-12-17)15-9-7-14(8-10-15)13-5-3-2-4-6-13/h7-10,13,16,19H,2-6,11-12,18H2,1H3. The van der Waals surface area contributed by atoms with Gasteiger partial charge in [-0.2, -0.15) is 0 Å². The molecular weight excluding hydrogens is 232 g/mol. The summed E-state index contributed by atoms with van der Waals surface area (Å²) in [4.78, 5) is 0. The summed E-state index contributed by atoms with van der Waals surface area (Å²) in [7, 11) is 2.02. The number of benzene rings is 1. The Hall–Kier alpha value is -0.860. The van der Waals surface area contributed by atoms with Crippen molar-refractivity contribution in [2.24, 2.45) is 5.73 Å². The minimum absolute atomic E-state index is 0.00110. The van der Waals surface area contributed by atoms with E-state index in [-0.39, 0.29) is 5.54 Å². The van der Waals surface area contributed by atoms with Gasteiger partial charge in [0.1, 0.15) is 0 Å². The van der Waals surface area contributed by atoms with Crippen LogP contribution >= 0.6 is 0 Å². The molecule has 2 saturated carbocycles. The van der Waals surface area contributed by atoms with E-state index in [9.17, 15) is 0 Å². The van der Waals surface area contributed by atoms with Crippen LogP contribution in [0, 0.1) is 0 Å². The number of likely N-dealkylation sites (N-methyl/N-ethyl adjacent to an activating group) is 1. The average Bonchev–Trinajstić information content (AvgIpc) is 3.20. The van der Waals surface area contributed by atoms with E-state index in [2.05, 4.69) is 29.6 Å². The van der Waals surface area contributed by atoms with Crippen molar-refractivity contribution >= 4 is 0 Å². The summed E-state index contributed by atoms with van der Waals surface area (Å²) in [6.07, 6.45) is 9.25. The molecule has 0 spiro atoms. The lowest BCUT2D eigenvalue weighted by Gasteiger charge is -2.25. The van der Waals surface area contributed by atoms with Crippen molar-refractivity contribution in [1.29, 1.82) is 0 Å². The van der Waals surface area contributed by atoms with E-state index in [0.717, 1.165) is 18.8 Å². The van der Waals surface area contributed by atoms with Gasteiger partial charge in [-0.3, -0.25) is 0 Å². The maximum Gasteiger partial charge on any atom is 0.0500 e. The van der Waals surface area contributed by atoms with E-state index in [1.54, 1.807) is 0 Å². The van der Waals surface area contributed by atoms with Crippen LogP contribution in [0.1, 0.15) is 68.0 Å². The van der Waals surface area contributed by atoms with Crippen LogP contribution in [0.15, 0.2) is 24.3 Å². The maximum absolute atomic E-state index is 6.35. The van der Waals surface area contributed by atoms with Crippen molar-refractivity contribution in [3.8, 4) is 0 Å². The summed E-state index contributed by atoms with van der Waals surface area (Å²) in [5.74, 6) is 0.795. The molecule has 1 unspecified atom stereocenters. The number of nitrogens with one attached hydrogen (secondary N) is 1. The Kier molecular flexibility index (Phi) is 3.64. The highest BCUT2D eigenvalue weighted by atomic mass is 15.0. The van der Waals surface area contributed by atoms with Gasteiger partial charge in [-0.05, 0) is 49.8 Å². The van der Waals surface area contributed by atoms with E-state index in [1.165, 1.54) is 43.2 Å². The Morgan fingerprint density at radius 2 is 1.74 bits per heavy atom. The summed E-state index contributed by atoms with van der Waals surface area (Å²) in [6.45, 7) is 0. The van der Waals surface area contributed by atoms with E-state index in [0.29, 0.717) is 6.04 Å². The van der Waals surface area contributed by atoms with Crippen molar-refractivity contribution in [3.63, 3.8) is 0 Å². The smallest absolute Gasteiger partial charge is 0.0500 e. The van der Waals surface area contributed by atoms with Crippen molar-refractivity contribution < 1.29 is 0 Å². The maximum atomic E-state index is 6.35. The molecule has 0 bridgehead atoms. The average molecular weight is 258 g/mol. The summed E-state index contributed by atoms with van der Waals surface area (Å²) in [5, 5.41) is 3.39. The molecule has 2 aliphatic carbocycles. The molecule has 0 amide bonds. The van der Waals surface area contributed by atoms with Crippen LogP contribution in [0.5, 0.6) is 0 Å². The number of rotatable bonds is 4. The lowest BCUT2D eigenvalue weighted by atomic mass is 9.83. The molecule has 19 heavy (non-hydrogen) atoms. The zero-order valence-corrected chi connectivity index (χ0v) is 12.0. The number of nitrogens with two attached hydrogens (primary N) is 1. The van der Waals surface area contributed by atoms with Gasteiger partial charge in [-0.1, -0.05) is 43.5 Å². The molecule has 2 aliphatic rings. The second-order valence-electron chi connectivity index (χ2n) is 6.46. The Labute approximate surface area is 116 Å². The molecule has 104 valence electrons. The Balaban J connectivity index is 1.74. The fraction of sp³-hybridized carbons (Fsp3) is 0.647. The molecule has 1 aromatic carbocycles. The molecule has 3 N–H and O–H groups in total. The zero-order chi connectivity index (χ0) is 13.3. The summed E-state index contributed by atoms with van der Waals surface area (Å²) in [5.41, 5.74) is 9.23. The first-order chi connectivity index (χ1) is 9.23. The molecule has 2 heteroatoms. The van der Waals surface area contributed by atoms with Crippen LogP contribution in [0.4, 0.5) is 0 Å². The minimum atomic E-state index is 0.00110. The molecule has 1 aromatic rings. The van der Waals surface area contributed by atoms with Gasteiger partial charge in [0, 0.05) is 5.54 Å². The molecule has 3 rings (SSSR count). The second-order valence-corrected chi connectivity index (χ2v) is 6.46. The molecule has 1 atom stereocenters. The van der Waals surface area contributed by atoms with Crippen LogP contribution in [0.2, 0.25) is 0 Å². The van der Waals surface area contributed by atoms with Crippen molar-refractivity contribution in [1.82, 2.24) is 5.32 Å². The fourth-order valence-corrected chi connectivity index (χ4v) is 3.62. The monoisotopic (exact) mass is 258 g/mol. The molecule has 0 heterocycles. The van der Waals surface area contributed by atoms with E-state index < -0.39 is 0 Å². The Bertz CT molecular complexity index is 413. The van der Waals surface area contributed by atoms with E-state index in [4.69, 9.17) is 5.73 Å². The van der Waals surface area contributed by atoms with Crippen LogP contribution in [0.25, 0.3) is 0 Å². The van der Waals surface area contributed by atoms with Gasteiger partial charge in [0.05, 0.1) is 6.04 Å². The molecule has 0 aromatic heterocycles. The number of hydrogen-bond donors (Lipinski definition) is 2. The largest absolute Gasteiger partial charge is 0.323 e. The zero-order valence-electron chi connectivity index (χ0n) is 12.0. The summed E-state index contributed by atoms with van der Waals surface area (Å²) >= 11 is 0. The highest BCUT2D eigenvalue weighted by molar-refractivity contribution is 5.31. The SMILES string of the molecule is CNC(c1ccc(C2CCCCC2)cc1)C1(N)CC1. The van der Waals surface area contributed by atoms with Gasteiger partial charge in [-0.25, -0.2) is 0 Å².